The van der Waals surface area contributed by atoms with Crippen molar-refractivity contribution < 1.29 is 0 Å². The summed E-state index contributed by atoms with van der Waals surface area (Å²) >= 11 is 0. The fourth-order valence-corrected chi connectivity index (χ4v) is 3.91. The molecule has 2 atom stereocenters. The second-order valence-electron chi connectivity index (χ2n) is 6.14. The third kappa shape index (κ3) is 2.17. The Morgan fingerprint density at radius 2 is 2.17 bits per heavy atom. The molecule has 0 aliphatic heterocycles. The van der Waals surface area contributed by atoms with Crippen LogP contribution < -0.4 is 11.1 Å². The van der Waals surface area contributed by atoms with Crippen LogP contribution in [0.15, 0.2) is 23.3 Å². The molecule has 0 radical (unpaired) electrons. The first-order valence-electron chi connectivity index (χ1n) is 7.70. The zero-order valence-electron chi connectivity index (χ0n) is 11.4. The Bertz CT molecular complexity index is 369. The summed E-state index contributed by atoms with van der Waals surface area (Å²) in [4.78, 5) is 0. The smallest absolute Gasteiger partial charge is 0.0174 e. The molecule has 18 heavy (non-hydrogen) atoms. The SMILES string of the molecule is NCCCCNC1CC12CCCC1=CCCC=C12. The number of fused-ring (bicyclic) bond motifs is 2. The van der Waals surface area contributed by atoms with Gasteiger partial charge in [-0.3, -0.25) is 0 Å². The summed E-state index contributed by atoms with van der Waals surface area (Å²) in [6, 6.07) is 0.753. The summed E-state index contributed by atoms with van der Waals surface area (Å²) in [7, 11) is 0. The number of unbranched alkanes of at least 4 members (excludes halogenated alkanes) is 1. The number of nitrogens with one attached hydrogen (secondary N) is 1. The molecule has 3 N–H and O–H groups in total. The van der Waals surface area contributed by atoms with Crippen molar-refractivity contribution in [3.8, 4) is 0 Å². The van der Waals surface area contributed by atoms with E-state index in [2.05, 4.69) is 17.5 Å². The van der Waals surface area contributed by atoms with E-state index in [0.29, 0.717) is 5.41 Å². The van der Waals surface area contributed by atoms with E-state index in [1.54, 1.807) is 11.1 Å². The van der Waals surface area contributed by atoms with Crippen molar-refractivity contribution >= 4 is 0 Å². The van der Waals surface area contributed by atoms with Gasteiger partial charge >= 0.3 is 0 Å². The van der Waals surface area contributed by atoms with Crippen LogP contribution in [0.3, 0.4) is 0 Å². The van der Waals surface area contributed by atoms with Crippen LogP contribution in [-0.2, 0) is 0 Å². The molecule has 3 rings (SSSR count). The van der Waals surface area contributed by atoms with Crippen molar-refractivity contribution in [2.24, 2.45) is 11.1 Å². The van der Waals surface area contributed by atoms with E-state index < -0.39 is 0 Å². The highest BCUT2D eigenvalue weighted by molar-refractivity contribution is 5.46. The normalized spacial score (nSPS) is 33.9. The predicted molar refractivity (Wildman–Crippen MR) is 76.4 cm³/mol. The minimum atomic E-state index is 0.535. The molecule has 0 aromatic rings. The van der Waals surface area contributed by atoms with Crippen LogP contribution in [-0.4, -0.2) is 19.1 Å². The number of hydrogen-bond acceptors (Lipinski definition) is 2. The zero-order chi connectivity index (χ0) is 12.4. The van der Waals surface area contributed by atoms with Crippen LogP contribution in [0.5, 0.6) is 0 Å². The molecule has 3 aliphatic rings. The van der Waals surface area contributed by atoms with Crippen molar-refractivity contribution in [2.75, 3.05) is 13.1 Å². The van der Waals surface area contributed by atoms with E-state index in [4.69, 9.17) is 5.73 Å². The molecule has 0 heterocycles. The quantitative estimate of drug-likeness (QED) is 0.732. The summed E-state index contributed by atoms with van der Waals surface area (Å²) in [6.07, 6.45) is 15.5. The lowest BCUT2D eigenvalue weighted by Gasteiger charge is -2.31. The van der Waals surface area contributed by atoms with Crippen molar-refractivity contribution in [1.82, 2.24) is 5.32 Å². The van der Waals surface area contributed by atoms with Crippen LogP contribution in [0, 0.1) is 5.41 Å². The average molecular weight is 246 g/mol. The molecule has 100 valence electrons. The standard InChI is InChI=1S/C16H26N2/c17-10-3-4-11-18-15-12-16(15)9-5-7-13-6-1-2-8-14(13)16/h6,8,15,18H,1-5,7,9-12,17H2. The van der Waals surface area contributed by atoms with Crippen molar-refractivity contribution in [2.45, 2.75) is 57.4 Å². The number of nitrogens with two attached hydrogens (primary N) is 1. The van der Waals surface area contributed by atoms with Gasteiger partial charge in [-0.25, -0.2) is 0 Å². The maximum Gasteiger partial charge on any atom is 0.0174 e. The van der Waals surface area contributed by atoms with Gasteiger partial charge in [0.1, 0.15) is 0 Å². The first kappa shape index (κ1) is 12.4. The van der Waals surface area contributed by atoms with E-state index in [1.807, 2.05) is 0 Å². The second kappa shape index (κ2) is 5.18. The van der Waals surface area contributed by atoms with Gasteiger partial charge in [-0.15, -0.1) is 0 Å². The Morgan fingerprint density at radius 1 is 1.28 bits per heavy atom. The Kier molecular flexibility index (Phi) is 3.58. The van der Waals surface area contributed by atoms with Gasteiger partial charge in [0.25, 0.3) is 0 Å². The van der Waals surface area contributed by atoms with E-state index in [0.717, 1.165) is 25.6 Å². The molecule has 3 aliphatic carbocycles. The summed E-state index contributed by atoms with van der Waals surface area (Å²) in [6.45, 7) is 1.98. The maximum absolute atomic E-state index is 5.54. The van der Waals surface area contributed by atoms with Crippen LogP contribution >= 0.6 is 0 Å². The molecule has 0 bridgehead atoms. The first-order valence-corrected chi connectivity index (χ1v) is 7.70. The third-order valence-corrected chi connectivity index (χ3v) is 4.95. The van der Waals surface area contributed by atoms with Crippen molar-refractivity contribution in [3.05, 3.63) is 23.3 Å². The summed E-state index contributed by atoms with van der Waals surface area (Å²) in [5.74, 6) is 0. The van der Waals surface area contributed by atoms with Gasteiger partial charge in [-0.05, 0) is 75.6 Å². The van der Waals surface area contributed by atoms with Gasteiger partial charge in [0.05, 0.1) is 0 Å². The Morgan fingerprint density at radius 3 is 3.06 bits per heavy atom. The van der Waals surface area contributed by atoms with Gasteiger partial charge in [0.15, 0.2) is 0 Å². The predicted octanol–water partition coefficient (Wildman–Crippen LogP) is 2.90. The highest BCUT2D eigenvalue weighted by atomic mass is 15.0. The molecule has 0 saturated heterocycles. The first-order chi connectivity index (χ1) is 8.87. The van der Waals surface area contributed by atoms with Crippen LogP contribution in [0.25, 0.3) is 0 Å². The van der Waals surface area contributed by atoms with E-state index in [1.165, 1.54) is 44.9 Å². The topological polar surface area (TPSA) is 38.0 Å². The molecular formula is C16H26N2. The van der Waals surface area contributed by atoms with Gasteiger partial charge in [-0.2, -0.15) is 0 Å². The van der Waals surface area contributed by atoms with Gasteiger partial charge < -0.3 is 11.1 Å². The Hall–Kier alpha value is -0.600. The highest BCUT2D eigenvalue weighted by Crippen LogP contribution is 2.61. The number of allylic oxidation sites excluding steroid dienone is 3. The fourth-order valence-electron chi connectivity index (χ4n) is 3.91. The Balaban J connectivity index is 1.59. The molecule has 1 spiro atoms. The van der Waals surface area contributed by atoms with E-state index >= 15 is 0 Å². The molecule has 0 amide bonds. The molecule has 0 aromatic heterocycles. The monoisotopic (exact) mass is 246 g/mol. The van der Waals surface area contributed by atoms with Crippen LogP contribution in [0.4, 0.5) is 0 Å². The summed E-state index contributed by atoms with van der Waals surface area (Å²) in [5, 5.41) is 3.76. The molecule has 2 saturated carbocycles. The summed E-state index contributed by atoms with van der Waals surface area (Å²) < 4.78 is 0. The molecule has 2 fully saturated rings. The molecule has 2 nitrogen and oxygen atoms in total. The maximum atomic E-state index is 5.54. The summed E-state index contributed by atoms with van der Waals surface area (Å²) in [5.41, 5.74) is 9.47. The second-order valence-corrected chi connectivity index (χ2v) is 6.14. The largest absolute Gasteiger partial charge is 0.330 e. The third-order valence-electron chi connectivity index (χ3n) is 4.95. The molecular weight excluding hydrogens is 220 g/mol. The van der Waals surface area contributed by atoms with E-state index in [9.17, 15) is 0 Å². The lowest BCUT2D eigenvalue weighted by atomic mass is 9.75. The Labute approximate surface area is 111 Å². The number of rotatable bonds is 5. The minimum absolute atomic E-state index is 0.535. The molecule has 2 heteroatoms. The van der Waals surface area contributed by atoms with Crippen LogP contribution in [0.2, 0.25) is 0 Å². The van der Waals surface area contributed by atoms with Gasteiger partial charge in [-0.1, -0.05) is 12.2 Å². The minimum Gasteiger partial charge on any atom is -0.330 e. The lowest BCUT2D eigenvalue weighted by molar-refractivity contribution is 0.436. The van der Waals surface area contributed by atoms with E-state index in [-0.39, 0.29) is 0 Å². The molecule has 2 unspecified atom stereocenters. The highest BCUT2D eigenvalue weighted by Gasteiger charge is 2.57. The fraction of sp³-hybridized carbons (Fsp3) is 0.750. The molecule has 0 aromatic carbocycles. The van der Waals surface area contributed by atoms with Crippen molar-refractivity contribution in [1.29, 1.82) is 0 Å². The average Bonchev–Trinajstić information content (AvgIpc) is 3.09. The number of hydrogen-bond donors (Lipinski definition) is 2. The van der Waals surface area contributed by atoms with Gasteiger partial charge in [0, 0.05) is 11.5 Å². The lowest BCUT2D eigenvalue weighted by Crippen LogP contribution is -2.28. The zero-order valence-corrected chi connectivity index (χ0v) is 11.4. The van der Waals surface area contributed by atoms with Crippen LogP contribution in [0.1, 0.15) is 51.4 Å². The van der Waals surface area contributed by atoms with Gasteiger partial charge in [0.2, 0.25) is 0 Å². The van der Waals surface area contributed by atoms with Crippen molar-refractivity contribution in [3.63, 3.8) is 0 Å².